The van der Waals surface area contributed by atoms with Crippen molar-refractivity contribution in [3.05, 3.63) is 11.6 Å². The van der Waals surface area contributed by atoms with Gasteiger partial charge in [-0.25, -0.2) is 0 Å². The molecule has 0 bridgehead atoms. The monoisotopic (exact) mass is 160 g/mol. The molecule has 0 aliphatic rings. The molecule has 0 aliphatic heterocycles. The van der Waals surface area contributed by atoms with E-state index in [1.165, 1.54) is 0 Å². The molecule has 0 atom stereocenters. The van der Waals surface area contributed by atoms with Crippen LogP contribution in [0.15, 0.2) is 11.6 Å². The maximum absolute atomic E-state index is 10.6. The smallest absolute Gasteiger partial charge is 0.248 e. The summed E-state index contributed by atoms with van der Waals surface area (Å²) in [6.07, 6.45) is 4.55. The van der Waals surface area contributed by atoms with Crippen molar-refractivity contribution >= 4 is 16.8 Å². The zero-order chi connectivity index (χ0) is 7.98. The van der Waals surface area contributed by atoms with Crippen molar-refractivity contribution in [1.29, 1.82) is 0 Å². The van der Waals surface area contributed by atoms with Gasteiger partial charge in [-0.3, -0.25) is 4.79 Å². The minimum atomic E-state index is -0.302. The van der Waals surface area contributed by atoms with Crippen LogP contribution in [-0.2, 0) is 4.79 Å². The predicted molar refractivity (Wildman–Crippen MR) is 44.1 cm³/mol. The summed E-state index contributed by atoms with van der Waals surface area (Å²) in [5.41, 5.74) is 0.756. The zero-order valence-corrected chi connectivity index (χ0v) is 7.24. The Bertz CT molecular complexity index is 138. The summed E-state index contributed by atoms with van der Waals surface area (Å²) in [5, 5.41) is -0.302. The normalized spacial score (nSPS) is 11.7. The number of carbonyl (C=O) groups is 1. The molecule has 58 valence electrons. The van der Waals surface area contributed by atoms with Crippen LogP contribution in [0.25, 0.3) is 0 Å². The minimum absolute atomic E-state index is 0.302. The molecule has 0 heterocycles. The van der Waals surface area contributed by atoms with Crippen LogP contribution in [0, 0.1) is 0 Å². The first kappa shape index (κ1) is 9.70. The van der Waals surface area contributed by atoms with Gasteiger partial charge in [-0.2, -0.15) is 0 Å². The van der Waals surface area contributed by atoms with Gasteiger partial charge in [0.05, 0.1) is 0 Å². The van der Waals surface area contributed by atoms with E-state index in [1.807, 2.05) is 19.9 Å². The molecule has 0 aromatic carbocycles. The highest BCUT2D eigenvalue weighted by molar-refractivity contribution is 6.67. The standard InChI is InChI=1S/C8H13ClO/c1-3-5-7(6-4-2)8(9)10/h5H,3-4,6H2,1-2H3/b7-5+. The predicted octanol–water partition coefficient (Wildman–Crippen LogP) is 2.89. The van der Waals surface area contributed by atoms with E-state index in [2.05, 4.69) is 0 Å². The molecular formula is C8H13ClO. The van der Waals surface area contributed by atoms with Gasteiger partial charge in [0.15, 0.2) is 0 Å². The molecular weight excluding hydrogens is 148 g/mol. The van der Waals surface area contributed by atoms with E-state index in [4.69, 9.17) is 11.6 Å². The third-order valence-corrected chi connectivity index (χ3v) is 1.47. The molecule has 0 rings (SSSR count). The van der Waals surface area contributed by atoms with Crippen molar-refractivity contribution < 1.29 is 4.79 Å². The summed E-state index contributed by atoms with van der Waals surface area (Å²) in [7, 11) is 0. The third kappa shape index (κ3) is 3.67. The summed E-state index contributed by atoms with van der Waals surface area (Å²) >= 11 is 5.29. The summed E-state index contributed by atoms with van der Waals surface area (Å²) in [6.45, 7) is 4.03. The number of rotatable bonds is 4. The summed E-state index contributed by atoms with van der Waals surface area (Å²) in [6, 6.07) is 0. The molecule has 0 saturated carbocycles. The van der Waals surface area contributed by atoms with Gasteiger partial charge in [0, 0.05) is 5.57 Å². The second-order valence-electron chi connectivity index (χ2n) is 2.16. The molecule has 0 aromatic heterocycles. The van der Waals surface area contributed by atoms with Crippen LogP contribution in [0.3, 0.4) is 0 Å². The summed E-state index contributed by atoms with van der Waals surface area (Å²) in [4.78, 5) is 10.6. The van der Waals surface area contributed by atoms with Crippen molar-refractivity contribution in [3.63, 3.8) is 0 Å². The molecule has 0 unspecified atom stereocenters. The largest absolute Gasteiger partial charge is 0.276 e. The summed E-state index contributed by atoms with van der Waals surface area (Å²) in [5.74, 6) is 0. The van der Waals surface area contributed by atoms with Crippen LogP contribution in [0.5, 0.6) is 0 Å². The van der Waals surface area contributed by atoms with E-state index in [9.17, 15) is 4.79 Å². The van der Waals surface area contributed by atoms with Crippen molar-refractivity contribution in [2.24, 2.45) is 0 Å². The molecule has 0 N–H and O–H groups in total. The Kier molecular flexibility index (Phi) is 5.32. The van der Waals surface area contributed by atoms with Crippen LogP contribution < -0.4 is 0 Å². The molecule has 1 nitrogen and oxygen atoms in total. The molecule has 0 radical (unpaired) electrons. The fraction of sp³-hybridized carbons (Fsp3) is 0.625. The average Bonchev–Trinajstić information content (AvgIpc) is 1.87. The zero-order valence-electron chi connectivity index (χ0n) is 6.48. The van der Waals surface area contributed by atoms with E-state index in [0.29, 0.717) is 0 Å². The number of hydrogen-bond donors (Lipinski definition) is 0. The van der Waals surface area contributed by atoms with Crippen LogP contribution in [0.4, 0.5) is 0 Å². The van der Waals surface area contributed by atoms with Crippen molar-refractivity contribution in [2.75, 3.05) is 0 Å². The molecule has 0 aromatic rings. The fourth-order valence-corrected chi connectivity index (χ4v) is 0.968. The number of halogens is 1. The Morgan fingerprint density at radius 1 is 1.50 bits per heavy atom. The van der Waals surface area contributed by atoms with Gasteiger partial charge in [0.2, 0.25) is 5.24 Å². The van der Waals surface area contributed by atoms with Gasteiger partial charge in [-0.15, -0.1) is 0 Å². The van der Waals surface area contributed by atoms with Crippen LogP contribution >= 0.6 is 11.6 Å². The Morgan fingerprint density at radius 2 is 2.10 bits per heavy atom. The number of carbonyl (C=O) groups excluding carboxylic acids is 1. The lowest BCUT2D eigenvalue weighted by atomic mass is 10.1. The van der Waals surface area contributed by atoms with Gasteiger partial charge in [0.1, 0.15) is 0 Å². The van der Waals surface area contributed by atoms with Crippen molar-refractivity contribution in [3.8, 4) is 0 Å². The maximum Gasteiger partial charge on any atom is 0.248 e. The van der Waals surface area contributed by atoms with E-state index >= 15 is 0 Å². The maximum atomic E-state index is 10.6. The van der Waals surface area contributed by atoms with Gasteiger partial charge in [0.25, 0.3) is 0 Å². The molecule has 0 spiro atoms. The highest BCUT2D eigenvalue weighted by atomic mass is 35.5. The average molecular weight is 161 g/mol. The number of hydrogen-bond acceptors (Lipinski definition) is 1. The van der Waals surface area contributed by atoms with Gasteiger partial charge >= 0.3 is 0 Å². The Labute approximate surface area is 67.1 Å². The third-order valence-electron chi connectivity index (χ3n) is 1.22. The Balaban J connectivity index is 3.98. The van der Waals surface area contributed by atoms with Crippen LogP contribution in [0.1, 0.15) is 33.1 Å². The number of allylic oxidation sites excluding steroid dienone is 2. The van der Waals surface area contributed by atoms with Gasteiger partial charge in [-0.05, 0) is 24.4 Å². The lowest BCUT2D eigenvalue weighted by Gasteiger charge is -1.96. The highest BCUT2D eigenvalue weighted by Crippen LogP contribution is 2.09. The Morgan fingerprint density at radius 3 is 2.40 bits per heavy atom. The first-order valence-electron chi connectivity index (χ1n) is 3.61. The van der Waals surface area contributed by atoms with E-state index in [1.54, 1.807) is 0 Å². The van der Waals surface area contributed by atoms with Gasteiger partial charge in [-0.1, -0.05) is 26.3 Å². The quantitative estimate of drug-likeness (QED) is 0.457. The summed E-state index contributed by atoms with van der Waals surface area (Å²) < 4.78 is 0. The first-order chi connectivity index (χ1) is 4.72. The molecule has 0 amide bonds. The molecule has 0 fully saturated rings. The second kappa shape index (κ2) is 5.48. The molecule has 0 aliphatic carbocycles. The van der Waals surface area contributed by atoms with E-state index in [-0.39, 0.29) is 5.24 Å². The SMILES string of the molecule is CC/C=C(\CCC)C(=O)Cl. The van der Waals surface area contributed by atoms with E-state index in [0.717, 1.165) is 24.8 Å². The second-order valence-corrected chi connectivity index (χ2v) is 2.50. The lowest BCUT2D eigenvalue weighted by molar-refractivity contribution is -0.108. The fourth-order valence-electron chi connectivity index (χ4n) is 0.796. The topological polar surface area (TPSA) is 17.1 Å². The van der Waals surface area contributed by atoms with Crippen molar-refractivity contribution in [2.45, 2.75) is 33.1 Å². The molecule has 0 saturated heterocycles. The highest BCUT2D eigenvalue weighted by Gasteiger charge is 2.02. The Hall–Kier alpha value is -0.300. The molecule has 2 heteroatoms. The molecule has 10 heavy (non-hydrogen) atoms. The van der Waals surface area contributed by atoms with E-state index < -0.39 is 0 Å². The minimum Gasteiger partial charge on any atom is -0.276 e. The lowest BCUT2D eigenvalue weighted by Crippen LogP contribution is -1.92. The van der Waals surface area contributed by atoms with Crippen LogP contribution in [0.2, 0.25) is 0 Å². The van der Waals surface area contributed by atoms with Crippen LogP contribution in [-0.4, -0.2) is 5.24 Å². The first-order valence-corrected chi connectivity index (χ1v) is 3.99. The van der Waals surface area contributed by atoms with Crippen molar-refractivity contribution in [1.82, 2.24) is 0 Å². The van der Waals surface area contributed by atoms with Gasteiger partial charge < -0.3 is 0 Å².